The smallest absolute Gasteiger partial charge is 0.259 e. The van der Waals surface area contributed by atoms with Gasteiger partial charge in [-0.25, -0.2) is 9.51 Å². The maximum absolute atomic E-state index is 11.9. The molecule has 1 aliphatic carbocycles. The molecule has 124 valence electrons. The second-order valence-electron chi connectivity index (χ2n) is 5.29. The number of aliphatic imine (C=N–C) groups is 1. The molecule has 0 fully saturated rings. The van der Waals surface area contributed by atoms with E-state index in [1.807, 2.05) is 24.4 Å². The number of aromatic nitrogens is 2. The summed E-state index contributed by atoms with van der Waals surface area (Å²) in [6.45, 7) is 2.03. The van der Waals surface area contributed by atoms with Gasteiger partial charge in [0.25, 0.3) is 5.88 Å². The Morgan fingerprint density at radius 3 is 2.96 bits per heavy atom. The maximum atomic E-state index is 11.9. The molecule has 2 aromatic rings. The highest BCUT2D eigenvalue weighted by Crippen LogP contribution is 2.32. The van der Waals surface area contributed by atoms with E-state index in [0.717, 1.165) is 5.52 Å². The Labute approximate surface area is 139 Å². The third-order valence-electron chi connectivity index (χ3n) is 3.63. The van der Waals surface area contributed by atoms with Crippen molar-refractivity contribution in [2.75, 3.05) is 20.3 Å². The zero-order valence-corrected chi connectivity index (χ0v) is 13.5. The SMILES string of the molecule is COc1nn2ccccc2c1/N=C1\C=C(C)C(=O)C=C1NCCO. The van der Waals surface area contributed by atoms with Crippen LogP contribution in [0.15, 0.2) is 52.8 Å². The first-order valence-electron chi connectivity index (χ1n) is 7.53. The van der Waals surface area contributed by atoms with Crippen LogP contribution < -0.4 is 10.1 Å². The molecule has 7 nitrogen and oxygen atoms in total. The monoisotopic (exact) mass is 326 g/mol. The predicted octanol–water partition coefficient (Wildman–Crippen LogP) is 1.41. The average Bonchev–Trinajstić information content (AvgIpc) is 2.94. The molecule has 0 aromatic carbocycles. The lowest BCUT2D eigenvalue weighted by Gasteiger charge is -2.15. The van der Waals surface area contributed by atoms with E-state index in [9.17, 15) is 4.79 Å². The van der Waals surface area contributed by atoms with Crippen LogP contribution in [0.3, 0.4) is 0 Å². The number of hydrogen-bond donors (Lipinski definition) is 2. The summed E-state index contributed by atoms with van der Waals surface area (Å²) >= 11 is 0. The van der Waals surface area contributed by atoms with Crippen molar-refractivity contribution in [2.24, 2.45) is 4.99 Å². The summed E-state index contributed by atoms with van der Waals surface area (Å²) in [4.78, 5) is 16.6. The van der Waals surface area contributed by atoms with Crippen molar-refractivity contribution in [3.05, 3.63) is 47.8 Å². The Morgan fingerprint density at radius 2 is 2.21 bits per heavy atom. The summed E-state index contributed by atoms with van der Waals surface area (Å²) in [5.41, 5.74) is 3.14. The van der Waals surface area contributed by atoms with Gasteiger partial charge >= 0.3 is 0 Å². The van der Waals surface area contributed by atoms with E-state index in [4.69, 9.17) is 9.84 Å². The number of carbonyl (C=O) groups excluding carboxylic acids is 1. The van der Waals surface area contributed by atoms with Gasteiger partial charge in [-0.3, -0.25) is 4.79 Å². The van der Waals surface area contributed by atoms with E-state index in [2.05, 4.69) is 15.4 Å². The second kappa shape index (κ2) is 6.67. The number of allylic oxidation sites excluding steroid dienone is 3. The highest BCUT2D eigenvalue weighted by atomic mass is 16.5. The number of aliphatic hydroxyl groups is 1. The number of pyridine rings is 1. The number of hydrogen-bond acceptors (Lipinski definition) is 6. The topological polar surface area (TPSA) is 88.2 Å². The van der Waals surface area contributed by atoms with Gasteiger partial charge in [-0.2, -0.15) is 0 Å². The quantitative estimate of drug-likeness (QED) is 0.811. The summed E-state index contributed by atoms with van der Waals surface area (Å²) in [5.74, 6) is 0.319. The number of ether oxygens (including phenoxy) is 1. The molecule has 0 unspecified atom stereocenters. The minimum Gasteiger partial charge on any atom is -0.478 e. The fraction of sp³-hybridized carbons (Fsp3) is 0.235. The van der Waals surface area contributed by atoms with Crippen molar-refractivity contribution in [3.63, 3.8) is 0 Å². The number of aliphatic hydroxyl groups excluding tert-OH is 1. The van der Waals surface area contributed by atoms with Gasteiger partial charge in [0.05, 0.1) is 30.6 Å². The lowest BCUT2D eigenvalue weighted by molar-refractivity contribution is -0.111. The minimum atomic E-state index is -0.0822. The van der Waals surface area contributed by atoms with Gasteiger partial charge in [0, 0.05) is 18.8 Å². The van der Waals surface area contributed by atoms with E-state index in [0.29, 0.717) is 35.1 Å². The number of ketones is 1. The maximum Gasteiger partial charge on any atom is 0.259 e. The van der Waals surface area contributed by atoms with Gasteiger partial charge in [0.15, 0.2) is 11.5 Å². The van der Waals surface area contributed by atoms with Crippen LogP contribution in [0.5, 0.6) is 5.88 Å². The Bertz CT molecular complexity index is 877. The first-order valence-corrected chi connectivity index (χ1v) is 7.53. The molecular formula is C17H18N4O3. The fourth-order valence-corrected chi connectivity index (χ4v) is 2.42. The number of nitrogens with one attached hydrogen (secondary N) is 1. The van der Waals surface area contributed by atoms with E-state index in [-0.39, 0.29) is 12.4 Å². The third kappa shape index (κ3) is 2.93. The predicted molar refractivity (Wildman–Crippen MR) is 90.8 cm³/mol. The number of methoxy groups -OCH3 is 1. The largest absolute Gasteiger partial charge is 0.478 e. The number of carbonyl (C=O) groups is 1. The van der Waals surface area contributed by atoms with Crippen molar-refractivity contribution >= 4 is 22.7 Å². The van der Waals surface area contributed by atoms with Crippen molar-refractivity contribution in [3.8, 4) is 5.88 Å². The highest BCUT2D eigenvalue weighted by Gasteiger charge is 2.19. The zero-order valence-electron chi connectivity index (χ0n) is 13.5. The van der Waals surface area contributed by atoms with Crippen LogP contribution in [0, 0.1) is 0 Å². The minimum absolute atomic E-state index is 0.0401. The first-order chi connectivity index (χ1) is 11.6. The van der Waals surface area contributed by atoms with Crippen molar-refractivity contribution in [1.29, 1.82) is 0 Å². The highest BCUT2D eigenvalue weighted by molar-refractivity contribution is 6.22. The standard InChI is InChI=1S/C17H18N4O3/c1-11-9-13(12(10-15(11)23)18-6-8-22)19-16-14-5-3-4-7-21(14)20-17(16)24-2/h3-5,7,9-10,18,22H,6,8H2,1-2H3/b19-13+. The Morgan fingerprint density at radius 1 is 1.38 bits per heavy atom. The van der Waals surface area contributed by atoms with Gasteiger partial charge < -0.3 is 15.2 Å². The van der Waals surface area contributed by atoms with Crippen LogP contribution >= 0.6 is 0 Å². The van der Waals surface area contributed by atoms with Gasteiger partial charge in [-0.15, -0.1) is 5.10 Å². The lowest BCUT2D eigenvalue weighted by Crippen LogP contribution is -2.26. The van der Waals surface area contributed by atoms with Gasteiger partial charge in [-0.05, 0) is 30.7 Å². The summed E-state index contributed by atoms with van der Waals surface area (Å²) in [6, 6.07) is 5.66. The first kappa shape index (κ1) is 15.9. The molecule has 0 aliphatic heterocycles. The molecular weight excluding hydrogens is 308 g/mol. The van der Waals surface area contributed by atoms with Crippen LogP contribution in [0.25, 0.3) is 5.52 Å². The normalized spacial score (nSPS) is 16.3. The molecule has 2 heterocycles. The van der Waals surface area contributed by atoms with E-state index in [1.165, 1.54) is 13.2 Å². The summed E-state index contributed by atoms with van der Waals surface area (Å²) in [5, 5.41) is 16.4. The molecule has 0 atom stereocenters. The molecule has 3 rings (SSSR count). The number of nitrogens with zero attached hydrogens (tertiary/aromatic N) is 3. The molecule has 7 heteroatoms. The van der Waals surface area contributed by atoms with Crippen molar-refractivity contribution < 1.29 is 14.6 Å². The number of fused-ring (bicyclic) bond motifs is 1. The molecule has 0 saturated carbocycles. The Balaban J connectivity index is 2.11. The summed E-state index contributed by atoms with van der Waals surface area (Å²) in [6.07, 6.45) is 5.02. The van der Waals surface area contributed by atoms with Crippen LogP contribution in [-0.2, 0) is 4.79 Å². The van der Waals surface area contributed by atoms with E-state index >= 15 is 0 Å². The molecule has 0 radical (unpaired) electrons. The molecule has 0 bridgehead atoms. The Kier molecular flexibility index (Phi) is 4.43. The van der Waals surface area contributed by atoms with Crippen LogP contribution in [0.1, 0.15) is 6.92 Å². The fourth-order valence-electron chi connectivity index (χ4n) is 2.42. The molecule has 2 N–H and O–H groups in total. The van der Waals surface area contributed by atoms with Gasteiger partial charge in [-0.1, -0.05) is 6.07 Å². The molecule has 0 saturated heterocycles. The lowest BCUT2D eigenvalue weighted by atomic mass is 10.0. The van der Waals surface area contributed by atoms with Crippen LogP contribution in [0.4, 0.5) is 5.69 Å². The van der Waals surface area contributed by atoms with E-state index < -0.39 is 0 Å². The average molecular weight is 326 g/mol. The van der Waals surface area contributed by atoms with E-state index in [1.54, 1.807) is 17.5 Å². The van der Waals surface area contributed by atoms with Gasteiger partial charge in [0.1, 0.15) is 0 Å². The molecule has 24 heavy (non-hydrogen) atoms. The third-order valence-corrected chi connectivity index (χ3v) is 3.63. The number of rotatable bonds is 5. The van der Waals surface area contributed by atoms with Crippen LogP contribution in [0.2, 0.25) is 0 Å². The molecule has 0 amide bonds. The van der Waals surface area contributed by atoms with Gasteiger partial charge in [0.2, 0.25) is 0 Å². The molecule has 2 aromatic heterocycles. The second-order valence-corrected chi connectivity index (χ2v) is 5.29. The van der Waals surface area contributed by atoms with Crippen LogP contribution in [-0.4, -0.2) is 46.5 Å². The zero-order chi connectivity index (χ0) is 17.1. The molecule has 0 spiro atoms. The Hall–Kier alpha value is -2.93. The summed E-state index contributed by atoms with van der Waals surface area (Å²) < 4.78 is 7.02. The van der Waals surface area contributed by atoms with Crippen molar-refractivity contribution in [1.82, 2.24) is 14.9 Å². The van der Waals surface area contributed by atoms with Crippen molar-refractivity contribution in [2.45, 2.75) is 6.92 Å². The molecule has 1 aliphatic rings. The summed E-state index contributed by atoms with van der Waals surface area (Å²) in [7, 11) is 1.54.